The first-order chi connectivity index (χ1) is 13.2. The van der Waals surface area contributed by atoms with Gasteiger partial charge in [0.1, 0.15) is 7.14 Å². The largest absolute Gasteiger partial charge is 0.414 e. The van der Waals surface area contributed by atoms with Crippen LogP contribution in [0.15, 0.2) is 42.6 Å². The van der Waals surface area contributed by atoms with Gasteiger partial charge in [0.25, 0.3) is 0 Å². The minimum absolute atomic E-state index is 0.00864. The van der Waals surface area contributed by atoms with Crippen LogP contribution in [-0.2, 0) is 4.57 Å². The fourth-order valence-electron chi connectivity index (χ4n) is 2.76. The van der Waals surface area contributed by atoms with Gasteiger partial charge in [0.15, 0.2) is 11.6 Å². The van der Waals surface area contributed by atoms with Crippen LogP contribution in [0.2, 0.25) is 5.28 Å². The van der Waals surface area contributed by atoms with Gasteiger partial charge in [0.05, 0.1) is 11.9 Å². The maximum absolute atomic E-state index is 13.1. The van der Waals surface area contributed by atoms with E-state index in [1.807, 2.05) is 36.4 Å². The van der Waals surface area contributed by atoms with Gasteiger partial charge in [-0.1, -0.05) is 30.3 Å². The van der Waals surface area contributed by atoms with Gasteiger partial charge < -0.3 is 19.5 Å². The van der Waals surface area contributed by atoms with E-state index in [1.54, 1.807) is 27.4 Å². The highest BCUT2D eigenvalue weighted by Crippen LogP contribution is 2.42. The van der Waals surface area contributed by atoms with E-state index in [-0.39, 0.29) is 16.9 Å². The molecular formula is C19H20ClN4O3P. The number of anilines is 2. The van der Waals surface area contributed by atoms with E-state index in [9.17, 15) is 9.36 Å². The van der Waals surface area contributed by atoms with E-state index in [0.29, 0.717) is 11.0 Å². The van der Waals surface area contributed by atoms with E-state index >= 15 is 0 Å². The summed E-state index contributed by atoms with van der Waals surface area (Å²) in [6, 6.07) is 11.5. The van der Waals surface area contributed by atoms with Gasteiger partial charge in [-0.3, -0.25) is 0 Å². The highest BCUT2D eigenvalue weighted by atomic mass is 35.5. The first-order valence-electron chi connectivity index (χ1n) is 8.43. The van der Waals surface area contributed by atoms with Gasteiger partial charge in [0, 0.05) is 19.4 Å². The summed E-state index contributed by atoms with van der Waals surface area (Å²) in [6.07, 6.45) is 0.737. The van der Waals surface area contributed by atoms with Crippen LogP contribution in [0.5, 0.6) is 5.75 Å². The van der Waals surface area contributed by atoms with Crippen LogP contribution < -0.4 is 15.4 Å². The molecule has 1 aromatic heterocycles. The van der Waals surface area contributed by atoms with Crippen molar-refractivity contribution in [3.8, 4) is 5.75 Å². The van der Waals surface area contributed by atoms with Crippen LogP contribution in [0.3, 0.4) is 0 Å². The third-order valence-corrected chi connectivity index (χ3v) is 5.72. The number of fused-ring (bicyclic) bond motifs is 1. The zero-order valence-electron chi connectivity index (χ0n) is 15.9. The second kappa shape index (κ2) is 7.78. The molecule has 7 nitrogen and oxygen atoms in total. The van der Waals surface area contributed by atoms with Crippen LogP contribution in [0.1, 0.15) is 0 Å². The third kappa shape index (κ3) is 4.26. The van der Waals surface area contributed by atoms with Gasteiger partial charge in [0.2, 0.25) is 5.28 Å². The van der Waals surface area contributed by atoms with Crippen molar-refractivity contribution in [2.24, 2.45) is 0 Å². The normalized spacial score (nSPS) is 11.3. The maximum atomic E-state index is 13.1. The zero-order chi connectivity index (χ0) is 20.5. The molecule has 0 saturated heterocycles. The van der Waals surface area contributed by atoms with Gasteiger partial charge in [-0.05, 0) is 41.8 Å². The van der Waals surface area contributed by atoms with E-state index in [2.05, 4.69) is 15.3 Å². The summed E-state index contributed by atoms with van der Waals surface area (Å²) in [5, 5.41) is 5.66. The molecule has 2 aromatic carbocycles. The third-order valence-electron chi connectivity index (χ3n) is 3.98. The summed E-state index contributed by atoms with van der Waals surface area (Å²) < 4.78 is 18.4. The van der Waals surface area contributed by atoms with Gasteiger partial charge in [-0.2, -0.15) is 4.98 Å². The Balaban J connectivity index is 2.12. The summed E-state index contributed by atoms with van der Waals surface area (Å²) in [6.45, 7) is 3.42. The molecule has 1 N–H and O–H groups in total. The van der Waals surface area contributed by atoms with Gasteiger partial charge in [-0.25, -0.2) is 9.78 Å². The standard InChI is InChI=1S/C19H20ClN4O3P/c1-24(2)19(25)27-15-11-21-18(20)23-17(15)22-14-10-9-12-7-5-6-8-13(12)16(14)28(3,4)26/h5-11H,1-4H3,(H,21,22,23). The molecule has 0 bridgehead atoms. The minimum Gasteiger partial charge on any atom is -0.405 e. The number of hydrogen-bond acceptors (Lipinski definition) is 6. The number of rotatable bonds is 4. The van der Waals surface area contributed by atoms with Crippen LogP contribution in [0, 0.1) is 0 Å². The van der Waals surface area contributed by atoms with Gasteiger partial charge >= 0.3 is 6.09 Å². The number of halogens is 1. The lowest BCUT2D eigenvalue weighted by atomic mass is 10.1. The quantitative estimate of drug-likeness (QED) is 0.501. The number of ether oxygens (including phenoxy) is 1. The molecule has 0 atom stereocenters. The summed E-state index contributed by atoms with van der Waals surface area (Å²) in [5.41, 5.74) is 0.601. The van der Waals surface area contributed by atoms with Crippen molar-refractivity contribution in [3.63, 3.8) is 0 Å². The SMILES string of the molecule is CN(C)C(=O)Oc1cnc(Cl)nc1Nc1ccc2ccccc2c1P(C)(C)=O. The number of nitrogens with zero attached hydrogens (tertiary/aromatic N) is 3. The Hall–Kier alpha value is -2.63. The molecule has 0 spiro atoms. The lowest BCUT2D eigenvalue weighted by molar-refractivity contribution is 0.172. The zero-order valence-corrected chi connectivity index (χ0v) is 17.6. The number of carbonyl (C=O) groups excluding carboxylic acids is 1. The minimum atomic E-state index is -2.66. The Morgan fingerprint density at radius 2 is 1.89 bits per heavy atom. The lowest BCUT2D eigenvalue weighted by Crippen LogP contribution is -2.25. The first-order valence-corrected chi connectivity index (χ1v) is 11.4. The molecule has 0 aliphatic heterocycles. The molecule has 1 amide bonds. The number of hydrogen-bond donors (Lipinski definition) is 1. The molecule has 3 rings (SSSR count). The molecule has 3 aromatic rings. The molecule has 0 unspecified atom stereocenters. The lowest BCUT2D eigenvalue weighted by Gasteiger charge is -2.19. The summed E-state index contributed by atoms with van der Waals surface area (Å²) in [5.74, 6) is 0.324. The molecule has 0 aliphatic rings. The fourth-order valence-corrected chi connectivity index (χ4v) is 4.39. The second-order valence-corrected chi connectivity index (χ2v) is 10.3. The summed E-state index contributed by atoms with van der Waals surface area (Å²) in [7, 11) is 0.472. The average molecular weight is 419 g/mol. The van der Waals surface area contributed by atoms with Crippen molar-refractivity contribution < 1.29 is 14.1 Å². The summed E-state index contributed by atoms with van der Waals surface area (Å²) in [4.78, 5) is 21.3. The van der Waals surface area contributed by atoms with Crippen LogP contribution >= 0.6 is 18.7 Å². The molecule has 146 valence electrons. The molecule has 9 heteroatoms. The molecule has 0 radical (unpaired) electrons. The Kier molecular flexibility index (Phi) is 5.59. The predicted octanol–water partition coefficient (Wildman–Crippen LogP) is 4.34. The molecule has 0 fully saturated rings. The molecule has 28 heavy (non-hydrogen) atoms. The van der Waals surface area contributed by atoms with Crippen molar-refractivity contribution in [3.05, 3.63) is 47.9 Å². The van der Waals surface area contributed by atoms with Crippen molar-refractivity contribution in [2.45, 2.75) is 0 Å². The molecule has 0 aliphatic carbocycles. The maximum Gasteiger partial charge on any atom is 0.414 e. The highest BCUT2D eigenvalue weighted by Gasteiger charge is 2.22. The van der Waals surface area contributed by atoms with E-state index < -0.39 is 13.2 Å². The van der Waals surface area contributed by atoms with Crippen molar-refractivity contribution in [1.82, 2.24) is 14.9 Å². The molecular weight excluding hydrogens is 399 g/mol. The Morgan fingerprint density at radius 1 is 1.18 bits per heavy atom. The number of benzene rings is 2. The smallest absolute Gasteiger partial charge is 0.405 e. The van der Waals surface area contributed by atoms with E-state index in [1.165, 1.54) is 11.1 Å². The Labute approximate surface area is 168 Å². The van der Waals surface area contributed by atoms with Crippen LogP contribution in [-0.4, -0.2) is 48.4 Å². The van der Waals surface area contributed by atoms with Crippen LogP contribution in [0.25, 0.3) is 10.8 Å². The molecule has 1 heterocycles. The Bertz CT molecular complexity index is 1100. The summed E-state index contributed by atoms with van der Waals surface area (Å²) >= 11 is 5.94. The topological polar surface area (TPSA) is 84.4 Å². The predicted molar refractivity (Wildman–Crippen MR) is 113 cm³/mol. The first kappa shape index (κ1) is 20.1. The van der Waals surface area contributed by atoms with E-state index in [4.69, 9.17) is 16.3 Å². The number of nitrogens with one attached hydrogen (secondary N) is 1. The van der Waals surface area contributed by atoms with Crippen LogP contribution in [0.4, 0.5) is 16.3 Å². The van der Waals surface area contributed by atoms with Crippen molar-refractivity contribution in [2.75, 3.05) is 32.7 Å². The number of aromatic nitrogens is 2. The van der Waals surface area contributed by atoms with Crippen molar-refractivity contribution in [1.29, 1.82) is 0 Å². The molecule has 0 saturated carbocycles. The highest BCUT2D eigenvalue weighted by molar-refractivity contribution is 7.71. The second-order valence-electron chi connectivity index (χ2n) is 6.77. The Morgan fingerprint density at radius 3 is 2.57 bits per heavy atom. The number of carbonyl (C=O) groups is 1. The van der Waals surface area contributed by atoms with E-state index in [0.717, 1.165) is 10.8 Å². The monoisotopic (exact) mass is 418 g/mol. The average Bonchev–Trinajstić information content (AvgIpc) is 2.62. The van der Waals surface area contributed by atoms with Crippen molar-refractivity contribution >= 4 is 52.4 Å². The number of amides is 1. The van der Waals surface area contributed by atoms with Gasteiger partial charge in [-0.15, -0.1) is 0 Å². The fraction of sp³-hybridized carbons (Fsp3) is 0.211.